The molecule has 164 valence electrons. The van der Waals surface area contributed by atoms with Crippen LogP contribution in [0, 0.1) is 13.8 Å². The Morgan fingerprint density at radius 1 is 1.19 bits per heavy atom. The van der Waals surface area contributed by atoms with Gasteiger partial charge in [0.25, 0.3) is 11.7 Å². The first kappa shape index (κ1) is 21.2. The topological polar surface area (TPSA) is 112 Å². The standard InChI is InChI=1S/C22H27N5O4/c1-14-17(15(2)25-24-14)20(28)18-19(16-4-6-23-7-5-16)27(22(30)21(18)29)9-3-8-26-10-12-31-13-11-26/h4-7,19,28H,3,8-13H2,1-2H3,(H,24,25). The molecule has 0 radical (unpaired) electrons. The third-order valence-electron chi connectivity index (χ3n) is 5.90. The van der Waals surface area contributed by atoms with E-state index in [-0.39, 0.29) is 11.3 Å². The van der Waals surface area contributed by atoms with E-state index in [1.165, 1.54) is 0 Å². The molecule has 0 spiro atoms. The van der Waals surface area contributed by atoms with E-state index >= 15 is 0 Å². The van der Waals surface area contributed by atoms with E-state index in [2.05, 4.69) is 20.1 Å². The van der Waals surface area contributed by atoms with Crippen LogP contribution < -0.4 is 0 Å². The molecule has 2 aromatic rings. The van der Waals surface area contributed by atoms with Crippen LogP contribution in [-0.2, 0) is 14.3 Å². The Bertz CT molecular complexity index is 975. The summed E-state index contributed by atoms with van der Waals surface area (Å²) in [7, 11) is 0. The average molecular weight is 425 g/mol. The zero-order valence-electron chi connectivity index (χ0n) is 17.8. The van der Waals surface area contributed by atoms with Crippen molar-refractivity contribution in [3.05, 3.63) is 52.6 Å². The predicted molar refractivity (Wildman–Crippen MR) is 113 cm³/mol. The molecular formula is C22H27N5O4. The minimum atomic E-state index is -0.675. The van der Waals surface area contributed by atoms with Crippen LogP contribution in [0.4, 0.5) is 0 Å². The molecule has 0 bridgehead atoms. The Balaban J connectivity index is 1.67. The van der Waals surface area contributed by atoms with Gasteiger partial charge < -0.3 is 14.7 Å². The highest BCUT2D eigenvalue weighted by atomic mass is 16.5. The van der Waals surface area contributed by atoms with E-state index in [0.717, 1.165) is 31.6 Å². The molecule has 1 atom stereocenters. The number of aliphatic hydroxyl groups is 1. The lowest BCUT2D eigenvalue weighted by molar-refractivity contribution is -0.140. The van der Waals surface area contributed by atoms with Gasteiger partial charge in [-0.3, -0.25) is 24.6 Å². The molecule has 31 heavy (non-hydrogen) atoms. The van der Waals surface area contributed by atoms with Gasteiger partial charge in [0.1, 0.15) is 5.76 Å². The molecule has 2 N–H and O–H groups in total. The third-order valence-corrected chi connectivity index (χ3v) is 5.90. The van der Waals surface area contributed by atoms with Gasteiger partial charge in [-0.05, 0) is 38.0 Å². The number of aromatic amines is 1. The van der Waals surface area contributed by atoms with E-state index in [4.69, 9.17) is 4.74 Å². The number of hydrogen-bond acceptors (Lipinski definition) is 7. The molecular weight excluding hydrogens is 398 g/mol. The van der Waals surface area contributed by atoms with Gasteiger partial charge >= 0.3 is 0 Å². The number of aryl methyl sites for hydroxylation is 2. The molecule has 2 saturated heterocycles. The van der Waals surface area contributed by atoms with Gasteiger partial charge in [-0.1, -0.05) is 0 Å². The number of aliphatic hydroxyl groups excluding tert-OH is 1. The number of Topliss-reactive ketones (excluding diaryl/α,β-unsaturated/α-hetero) is 1. The second-order valence-electron chi connectivity index (χ2n) is 7.89. The zero-order valence-corrected chi connectivity index (χ0v) is 17.8. The number of morpholine rings is 1. The number of carbonyl (C=O) groups is 2. The molecule has 2 aliphatic heterocycles. The van der Waals surface area contributed by atoms with Crippen LogP contribution in [0.1, 0.15) is 35.0 Å². The first-order chi connectivity index (χ1) is 15.0. The van der Waals surface area contributed by atoms with Gasteiger partial charge in [-0.25, -0.2) is 0 Å². The van der Waals surface area contributed by atoms with Crippen molar-refractivity contribution in [2.45, 2.75) is 26.3 Å². The lowest BCUT2D eigenvalue weighted by Gasteiger charge is -2.29. The molecule has 9 nitrogen and oxygen atoms in total. The second kappa shape index (κ2) is 8.99. The van der Waals surface area contributed by atoms with Gasteiger partial charge in [-0.2, -0.15) is 5.10 Å². The highest BCUT2D eigenvalue weighted by Crippen LogP contribution is 2.40. The molecule has 9 heteroatoms. The maximum absolute atomic E-state index is 13.0. The monoisotopic (exact) mass is 425 g/mol. The Labute approximate surface area is 180 Å². The minimum Gasteiger partial charge on any atom is -0.507 e. The van der Waals surface area contributed by atoms with Crippen LogP contribution in [0.2, 0.25) is 0 Å². The molecule has 4 rings (SSSR count). The summed E-state index contributed by atoms with van der Waals surface area (Å²) < 4.78 is 5.38. The largest absolute Gasteiger partial charge is 0.507 e. The van der Waals surface area contributed by atoms with E-state index in [1.54, 1.807) is 43.3 Å². The van der Waals surface area contributed by atoms with Gasteiger partial charge in [0.15, 0.2) is 0 Å². The maximum atomic E-state index is 13.0. The van der Waals surface area contributed by atoms with E-state index < -0.39 is 17.7 Å². The SMILES string of the molecule is Cc1n[nH]c(C)c1C(O)=C1C(=O)C(=O)N(CCCN2CCOCC2)C1c1ccncc1. The van der Waals surface area contributed by atoms with Gasteiger partial charge in [0, 0.05) is 44.3 Å². The van der Waals surface area contributed by atoms with E-state index in [0.29, 0.717) is 36.7 Å². The summed E-state index contributed by atoms with van der Waals surface area (Å²) in [5.74, 6) is -1.46. The highest BCUT2D eigenvalue weighted by Gasteiger charge is 2.46. The number of rotatable bonds is 6. The summed E-state index contributed by atoms with van der Waals surface area (Å²) in [5.41, 5.74) is 2.51. The zero-order chi connectivity index (χ0) is 22.0. The van der Waals surface area contributed by atoms with Crippen LogP contribution >= 0.6 is 0 Å². The van der Waals surface area contributed by atoms with Crippen molar-refractivity contribution in [1.29, 1.82) is 0 Å². The third kappa shape index (κ3) is 4.11. The Kier molecular flexibility index (Phi) is 6.15. The van der Waals surface area contributed by atoms with Crippen LogP contribution in [0.25, 0.3) is 5.76 Å². The normalized spacial score (nSPS) is 21.7. The summed E-state index contributed by atoms with van der Waals surface area (Å²) >= 11 is 0. The van der Waals surface area contributed by atoms with Crippen molar-refractivity contribution in [3.63, 3.8) is 0 Å². The molecule has 2 aromatic heterocycles. The van der Waals surface area contributed by atoms with Crippen LogP contribution in [0.3, 0.4) is 0 Å². The first-order valence-electron chi connectivity index (χ1n) is 10.5. The molecule has 1 unspecified atom stereocenters. The fraction of sp³-hybridized carbons (Fsp3) is 0.455. The van der Waals surface area contributed by atoms with Crippen molar-refractivity contribution < 1.29 is 19.4 Å². The number of aromatic nitrogens is 3. The smallest absolute Gasteiger partial charge is 0.295 e. The Morgan fingerprint density at radius 3 is 2.55 bits per heavy atom. The maximum Gasteiger partial charge on any atom is 0.295 e. The number of nitrogens with zero attached hydrogens (tertiary/aromatic N) is 4. The van der Waals surface area contributed by atoms with Crippen LogP contribution in [0.5, 0.6) is 0 Å². The number of carbonyl (C=O) groups excluding carboxylic acids is 2. The quantitative estimate of drug-likeness (QED) is 0.410. The molecule has 0 aromatic carbocycles. The van der Waals surface area contributed by atoms with E-state index in [1.807, 2.05) is 0 Å². The molecule has 2 fully saturated rings. The average Bonchev–Trinajstić information content (AvgIpc) is 3.25. The van der Waals surface area contributed by atoms with Crippen LogP contribution in [0.15, 0.2) is 30.1 Å². The fourth-order valence-corrected chi connectivity index (χ4v) is 4.33. The second-order valence-corrected chi connectivity index (χ2v) is 7.89. The summed E-state index contributed by atoms with van der Waals surface area (Å²) in [4.78, 5) is 33.9. The Hall–Kier alpha value is -3.04. The summed E-state index contributed by atoms with van der Waals surface area (Å²) in [6, 6.07) is 2.88. The number of pyridine rings is 1. The van der Waals surface area contributed by atoms with Crippen molar-refractivity contribution in [3.8, 4) is 0 Å². The number of nitrogens with one attached hydrogen (secondary N) is 1. The van der Waals surface area contributed by atoms with E-state index in [9.17, 15) is 14.7 Å². The van der Waals surface area contributed by atoms with Gasteiger partial charge in [0.2, 0.25) is 0 Å². The number of amides is 1. The highest BCUT2D eigenvalue weighted by molar-refractivity contribution is 6.46. The number of H-pyrrole nitrogens is 1. The van der Waals surface area contributed by atoms with Crippen LogP contribution in [-0.4, -0.2) is 81.2 Å². The predicted octanol–water partition coefficient (Wildman–Crippen LogP) is 1.57. The van der Waals surface area contributed by atoms with Crippen molar-refractivity contribution in [2.24, 2.45) is 0 Å². The first-order valence-corrected chi connectivity index (χ1v) is 10.5. The molecule has 2 aliphatic rings. The summed E-state index contributed by atoms with van der Waals surface area (Å²) in [5, 5.41) is 18.1. The molecule has 1 amide bonds. The van der Waals surface area contributed by atoms with Gasteiger partial charge in [-0.15, -0.1) is 0 Å². The minimum absolute atomic E-state index is 0.0928. The molecule has 0 aliphatic carbocycles. The number of ketones is 1. The van der Waals surface area contributed by atoms with Crippen molar-refractivity contribution in [2.75, 3.05) is 39.4 Å². The summed E-state index contributed by atoms with van der Waals surface area (Å²) in [6.07, 6.45) is 3.97. The molecule has 4 heterocycles. The number of hydrogen-bond donors (Lipinski definition) is 2. The lowest BCUT2D eigenvalue weighted by Crippen LogP contribution is -2.38. The fourth-order valence-electron chi connectivity index (χ4n) is 4.33. The van der Waals surface area contributed by atoms with Crippen molar-refractivity contribution in [1.82, 2.24) is 25.0 Å². The lowest BCUT2D eigenvalue weighted by atomic mass is 9.95. The van der Waals surface area contributed by atoms with Crippen molar-refractivity contribution >= 4 is 17.4 Å². The van der Waals surface area contributed by atoms with Gasteiger partial charge in [0.05, 0.1) is 36.1 Å². The molecule has 0 saturated carbocycles. The Morgan fingerprint density at radius 2 is 1.90 bits per heavy atom. The number of likely N-dealkylation sites (tertiary alicyclic amines) is 1. The number of ether oxygens (including phenoxy) is 1. The summed E-state index contributed by atoms with van der Waals surface area (Å²) in [6.45, 7) is 7.91.